The average Bonchev–Trinajstić information content (AvgIpc) is 2.67. The Balaban J connectivity index is 1.78. The lowest BCUT2D eigenvalue weighted by Crippen LogP contribution is -2.38. The number of aromatic nitrogens is 2. The van der Waals surface area contributed by atoms with Crippen LogP contribution in [0.15, 0.2) is 36.4 Å². The zero-order valence-corrected chi connectivity index (χ0v) is 14.7. The molecule has 1 aromatic heterocycles. The van der Waals surface area contributed by atoms with Crippen LogP contribution in [0.1, 0.15) is 41.5 Å². The summed E-state index contributed by atoms with van der Waals surface area (Å²) < 4.78 is 5.39. The Morgan fingerprint density at radius 3 is 2.60 bits per heavy atom. The molecule has 3 rings (SSSR count). The number of carbonyl (C=O) groups excluding carboxylic acids is 1. The second-order valence-corrected chi connectivity index (χ2v) is 6.40. The molecule has 132 valence electrons. The largest absolute Gasteiger partial charge is 0.378 e. The molecule has 6 nitrogen and oxygen atoms in total. The molecule has 6 heteroatoms. The topological polar surface area (TPSA) is 67.4 Å². The second kappa shape index (κ2) is 8.07. The van der Waals surface area contributed by atoms with Crippen molar-refractivity contribution < 1.29 is 9.53 Å². The van der Waals surface area contributed by atoms with E-state index in [9.17, 15) is 4.79 Å². The quantitative estimate of drug-likeness (QED) is 0.905. The molecule has 0 saturated carbocycles. The number of anilines is 1. The van der Waals surface area contributed by atoms with Gasteiger partial charge in [-0.1, -0.05) is 44.2 Å². The Morgan fingerprint density at radius 2 is 1.92 bits per heavy atom. The van der Waals surface area contributed by atoms with Crippen LogP contribution >= 0.6 is 0 Å². The van der Waals surface area contributed by atoms with Crippen LogP contribution in [0.4, 0.5) is 5.95 Å². The highest BCUT2D eigenvalue weighted by atomic mass is 16.5. The summed E-state index contributed by atoms with van der Waals surface area (Å²) >= 11 is 0. The number of hydrogen-bond acceptors (Lipinski definition) is 5. The van der Waals surface area contributed by atoms with E-state index in [4.69, 9.17) is 4.74 Å². The molecule has 25 heavy (non-hydrogen) atoms. The van der Waals surface area contributed by atoms with E-state index in [2.05, 4.69) is 34.0 Å². The van der Waals surface area contributed by atoms with Gasteiger partial charge < -0.3 is 15.0 Å². The monoisotopic (exact) mass is 340 g/mol. The first kappa shape index (κ1) is 17.4. The summed E-state index contributed by atoms with van der Waals surface area (Å²) in [4.78, 5) is 23.8. The van der Waals surface area contributed by atoms with E-state index in [0.717, 1.165) is 24.3 Å². The molecule has 0 aliphatic carbocycles. The number of carbonyl (C=O) groups is 1. The molecule has 1 aromatic carbocycles. The van der Waals surface area contributed by atoms with E-state index in [1.165, 1.54) is 0 Å². The molecule has 0 spiro atoms. The van der Waals surface area contributed by atoms with Crippen LogP contribution < -0.4 is 10.2 Å². The zero-order valence-electron chi connectivity index (χ0n) is 14.7. The summed E-state index contributed by atoms with van der Waals surface area (Å²) in [6.45, 7) is 7.41. The molecular weight excluding hydrogens is 316 g/mol. The van der Waals surface area contributed by atoms with Gasteiger partial charge in [0.2, 0.25) is 5.95 Å². The van der Waals surface area contributed by atoms with Crippen molar-refractivity contribution in [2.75, 3.05) is 31.2 Å². The first-order chi connectivity index (χ1) is 12.1. The van der Waals surface area contributed by atoms with Crippen molar-refractivity contribution >= 4 is 11.9 Å². The Labute approximate surface area is 148 Å². The fraction of sp³-hybridized carbons (Fsp3) is 0.421. The number of nitrogens with one attached hydrogen (secondary N) is 1. The van der Waals surface area contributed by atoms with Crippen molar-refractivity contribution in [3.8, 4) is 0 Å². The van der Waals surface area contributed by atoms with Crippen LogP contribution in [0.3, 0.4) is 0 Å². The highest BCUT2D eigenvalue weighted by Crippen LogP contribution is 2.18. The fourth-order valence-corrected chi connectivity index (χ4v) is 2.64. The van der Waals surface area contributed by atoms with Crippen LogP contribution in [0.5, 0.6) is 0 Å². The summed E-state index contributed by atoms with van der Waals surface area (Å²) in [5.74, 6) is 0.658. The van der Waals surface area contributed by atoms with Gasteiger partial charge in [-0.05, 0) is 17.5 Å². The van der Waals surface area contributed by atoms with Gasteiger partial charge in [0.05, 0.1) is 13.2 Å². The minimum absolute atomic E-state index is 0.178. The van der Waals surface area contributed by atoms with Gasteiger partial charge in [0.1, 0.15) is 5.69 Å². The van der Waals surface area contributed by atoms with Gasteiger partial charge in [-0.15, -0.1) is 0 Å². The van der Waals surface area contributed by atoms with Crippen molar-refractivity contribution in [2.45, 2.75) is 26.3 Å². The smallest absolute Gasteiger partial charge is 0.270 e. The SMILES string of the molecule is CC(C)c1cc(C(=O)NCc2ccccc2)nc(N2CCOCC2)n1. The van der Waals surface area contributed by atoms with Gasteiger partial charge in [-0.2, -0.15) is 0 Å². The molecule has 2 heterocycles. The molecule has 1 N–H and O–H groups in total. The van der Waals surface area contributed by atoms with E-state index in [1.54, 1.807) is 6.07 Å². The minimum Gasteiger partial charge on any atom is -0.378 e. The van der Waals surface area contributed by atoms with Crippen molar-refractivity contribution in [2.24, 2.45) is 0 Å². The van der Waals surface area contributed by atoms with Crippen molar-refractivity contribution in [1.29, 1.82) is 0 Å². The number of amides is 1. The Hall–Kier alpha value is -2.47. The highest BCUT2D eigenvalue weighted by molar-refractivity contribution is 5.92. The molecule has 0 radical (unpaired) electrons. The fourth-order valence-electron chi connectivity index (χ4n) is 2.64. The highest BCUT2D eigenvalue weighted by Gasteiger charge is 2.19. The second-order valence-electron chi connectivity index (χ2n) is 6.40. The summed E-state index contributed by atoms with van der Waals surface area (Å²) in [5, 5.41) is 2.94. The minimum atomic E-state index is -0.178. The van der Waals surface area contributed by atoms with Gasteiger partial charge in [0.25, 0.3) is 5.91 Å². The van der Waals surface area contributed by atoms with Crippen molar-refractivity contribution in [3.63, 3.8) is 0 Å². The maximum absolute atomic E-state index is 12.6. The molecule has 0 unspecified atom stereocenters. The van der Waals surface area contributed by atoms with E-state index in [1.807, 2.05) is 30.3 Å². The predicted molar refractivity (Wildman–Crippen MR) is 96.8 cm³/mol. The Bertz CT molecular complexity index is 713. The Morgan fingerprint density at radius 1 is 1.20 bits per heavy atom. The summed E-state index contributed by atoms with van der Waals surface area (Å²) in [6.07, 6.45) is 0. The summed E-state index contributed by atoms with van der Waals surface area (Å²) in [5.41, 5.74) is 2.35. The van der Waals surface area contributed by atoms with Gasteiger partial charge in [-0.25, -0.2) is 9.97 Å². The number of morpholine rings is 1. The van der Waals surface area contributed by atoms with Crippen LogP contribution in [0.25, 0.3) is 0 Å². The maximum atomic E-state index is 12.6. The lowest BCUT2D eigenvalue weighted by molar-refractivity contribution is 0.0945. The number of ether oxygens (including phenoxy) is 1. The van der Waals surface area contributed by atoms with Gasteiger partial charge in [-0.3, -0.25) is 4.79 Å². The average molecular weight is 340 g/mol. The normalized spacial score (nSPS) is 14.6. The number of nitrogens with zero attached hydrogens (tertiary/aromatic N) is 3. The van der Waals surface area contributed by atoms with Gasteiger partial charge in [0, 0.05) is 25.3 Å². The van der Waals surface area contributed by atoms with Crippen LogP contribution in [0, 0.1) is 0 Å². The van der Waals surface area contributed by atoms with Crippen molar-refractivity contribution in [1.82, 2.24) is 15.3 Å². The molecule has 1 aliphatic rings. The molecule has 0 atom stereocenters. The third-order valence-electron chi connectivity index (χ3n) is 4.15. The van der Waals surface area contributed by atoms with Crippen molar-refractivity contribution in [3.05, 3.63) is 53.3 Å². The predicted octanol–water partition coefficient (Wildman–Crippen LogP) is 2.37. The number of hydrogen-bond donors (Lipinski definition) is 1. The van der Waals surface area contributed by atoms with Gasteiger partial charge >= 0.3 is 0 Å². The standard InChI is InChI=1S/C19H24N4O2/c1-14(2)16-12-17(18(24)20-13-15-6-4-3-5-7-15)22-19(21-16)23-8-10-25-11-9-23/h3-7,12,14H,8-11,13H2,1-2H3,(H,20,24). The van der Waals surface area contributed by atoms with E-state index >= 15 is 0 Å². The Kier molecular flexibility index (Phi) is 5.60. The molecule has 1 saturated heterocycles. The molecule has 1 amide bonds. The summed E-state index contributed by atoms with van der Waals surface area (Å²) in [7, 11) is 0. The van der Waals surface area contributed by atoms with Crippen LogP contribution in [-0.4, -0.2) is 42.2 Å². The first-order valence-electron chi connectivity index (χ1n) is 8.67. The number of benzene rings is 1. The molecule has 0 bridgehead atoms. The molecule has 1 aliphatic heterocycles. The molecule has 2 aromatic rings. The molecule has 1 fully saturated rings. The van der Waals surface area contributed by atoms with E-state index in [-0.39, 0.29) is 11.8 Å². The van der Waals surface area contributed by atoms with Gasteiger partial charge in [0.15, 0.2) is 0 Å². The third-order valence-corrected chi connectivity index (χ3v) is 4.15. The summed E-state index contributed by atoms with van der Waals surface area (Å²) in [6, 6.07) is 11.6. The van der Waals surface area contributed by atoms with E-state index in [0.29, 0.717) is 31.4 Å². The van der Waals surface area contributed by atoms with Crippen LogP contribution in [-0.2, 0) is 11.3 Å². The lowest BCUT2D eigenvalue weighted by Gasteiger charge is -2.27. The lowest BCUT2D eigenvalue weighted by atomic mass is 10.1. The zero-order chi connectivity index (χ0) is 17.6. The van der Waals surface area contributed by atoms with E-state index < -0.39 is 0 Å². The maximum Gasteiger partial charge on any atom is 0.270 e. The third kappa shape index (κ3) is 4.54. The molecular formula is C19H24N4O2. The first-order valence-corrected chi connectivity index (χ1v) is 8.67. The van der Waals surface area contributed by atoms with Crippen LogP contribution in [0.2, 0.25) is 0 Å². The number of rotatable bonds is 5.